The predicted molar refractivity (Wildman–Crippen MR) is 127 cm³/mol. The lowest BCUT2D eigenvalue weighted by atomic mass is 9.81. The third-order valence-corrected chi connectivity index (χ3v) is 7.17. The maximum absolute atomic E-state index is 13.6. The average Bonchev–Trinajstić information content (AvgIpc) is 3.13. The normalized spacial score (nSPS) is 22.0. The van der Waals surface area contributed by atoms with Crippen LogP contribution >= 0.6 is 0 Å². The molecule has 1 aromatic heterocycles. The van der Waals surface area contributed by atoms with E-state index in [1.807, 2.05) is 57.2 Å². The van der Waals surface area contributed by atoms with Crippen molar-refractivity contribution in [3.05, 3.63) is 58.9 Å². The summed E-state index contributed by atoms with van der Waals surface area (Å²) in [5.41, 5.74) is 4.96. The van der Waals surface area contributed by atoms with E-state index in [9.17, 15) is 14.8 Å². The highest BCUT2D eigenvalue weighted by atomic mass is 16.5. The zero-order valence-electron chi connectivity index (χ0n) is 20.1. The Kier molecular flexibility index (Phi) is 7.19. The molecule has 182 valence electrons. The molecular weight excluding hydrogens is 432 g/mol. The number of amides is 2. The number of hydroxylamine groups is 1. The number of nitrogens with zero attached hydrogens (tertiary/aromatic N) is 2. The van der Waals surface area contributed by atoms with Crippen molar-refractivity contribution in [3.63, 3.8) is 0 Å². The van der Waals surface area contributed by atoms with Gasteiger partial charge in [0.2, 0.25) is 5.91 Å². The fraction of sp³-hybridized carbons (Fsp3) is 0.500. The molecule has 0 saturated carbocycles. The van der Waals surface area contributed by atoms with Gasteiger partial charge in [0.05, 0.1) is 5.41 Å². The summed E-state index contributed by atoms with van der Waals surface area (Å²) >= 11 is 0. The Morgan fingerprint density at radius 2 is 1.88 bits per heavy atom. The Balaban J connectivity index is 1.47. The average molecular weight is 467 g/mol. The minimum absolute atomic E-state index is 0.0240. The van der Waals surface area contributed by atoms with Crippen LogP contribution in [0.15, 0.2) is 36.4 Å². The quantitative estimate of drug-likeness (QED) is 0.428. The van der Waals surface area contributed by atoms with E-state index in [1.54, 1.807) is 10.4 Å². The number of hydrogen-bond donors (Lipinski definition) is 3. The van der Waals surface area contributed by atoms with Crippen LogP contribution in [0, 0.1) is 19.8 Å². The lowest BCUT2D eigenvalue weighted by Gasteiger charge is -2.36. The molecule has 2 amide bonds. The zero-order valence-corrected chi connectivity index (χ0v) is 20.1. The van der Waals surface area contributed by atoms with Gasteiger partial charge in [-0.2, -0.15) is 0 Å². The summed E-state index contributed by atoms with van der Waals surface area (Å²) in [5, 5.41) is 12.6. The number of ether oxygens (including phenoxy) is 1. The molecule has 2 saturated heterocycles. The van der Waals surface area contributed by atoms with E-state index in [0.717, 1.165) is 54.2 Å². The van der Waals surface area contributed by atoms with Crippen LogP contribution in [0.2, 0.25) is 0 Å². The first-order chi connectivity index (χ1) is 16.3. The number of aromatic nitrogens is 1. The van der Waals surface area contributed by atoms with Crippen molar-refractivity contribution in [3.8, 4) is 5.75 Å². The minimum atomic E-state index is -0.723. The second kappa shape index (κ2) is 10.1. The molecule has 2 unspecified atom stereocenters. The molecule has 3 heterocycles. The van der Waals surface area contributed by atoms with Gasteiger partial charge in [-0.05, 0) is 94.4 Å². The lowest BCUT2D eigenvalue weighted by molar-refractivity contribution is -0.146. The molecule has 2 atom stereocenters. The summed E-state index contributed by atoms with van der Waals surface area (Å²) in [6.07, 6.45) is 2.20. The molecule has 0 aliphatic carbocycles. The first-order valence-electron chi connectivity index (χ1n) is 11.9. The van der Waals surface area contributed by atoms with Gasteiger partial charge in [0.25, 0.3) is 5.91 Å². The minimum Gasteiger partial charge on any atom is -0.489 e. The maximum Gasteiger partial charge on any atom is 0.266 e. The number of likely N-dealkylation sites (tertiary alicyclic amines) is 1. The standard InChI is InChI=1S/C26H34N4O4/c1-17-14-19(15-18(2)28-17)16-34-22-6-4-21(5-7-22)26(3)10-13-30(25(26)32)23(24(31)29-33)20-8-11-27-12-9-20/h4-7,14-15,20,23,27,33H,8-13,16H2,1-3H3,(H,29,31). The van der Waals surface area contributed by atoms with Crippen molar-refractivity contribution >= 4 is 11.8 Å². The highest BCUT2D eigenvalue weighted by Crippen LogP contribution is 2.39. The second-order valence-electron chi connectivity index (χ2n) is 9.66. The van der Waals surface area contributed by atoms with Gasteiger partial charge in [-0.25, -0.2) is 5.48 Å². The number of aryl methyl sites for hydroxylation is 2. The van der Waals surface area contributed by atoms with Gasteiger partial charge < -0.3 is 15.0 Å². The summed E-state index contributed by atoms with van der Waals surface area (Å²) in [7, 11) is 0. The molecule has 2 aromatic rings. The summed E-state index contributed by atoms with van der Waals surface area (Å²) in [4.78, 5) is 32.2. The molecule has 0 spiro atoms. The predicted octanol–water partition coefficient (Wildman–Crippen LogP) is 2.64. The number of carbonyl (C=O) groups is 2. The van der Waals surface area contributed by atoms with Crippen LogP contribution in [0.25, 0.3) is 0 Å². The number of piperidine rings is 1. The summed E-state index contributed by atoms with van der Waals surface area (Å²) in [5.74, 6) is 0.177. The number of pyridine rings is 1. The van der Waals surface area contributed by atoms with Crippen LogP contribution in [0.1, 0.15) is 48.7 Å². The van der Waals surface area contributed by atoms with Crippen molar-refractivity contribution in [2.45, 2.75) is 58.1 Å². The largest absolute Gasteiger partial charge is 0.489 e. The van der Waals surface area contributed by atoms with Gasteiger partial charge in [-0.3, -0.25) is 19.8 Å². The van der Waals surface area contributed by atoms with Crippen molar-refractivity contribution in [1.29, 1.82) is 0 Å². The van der Waals surface area contributed by atoms with E-state index >= 15 is 0 Å². The van der Waals surface area contributed by atoms with Gasteiger partial charge in [-0.15, -0.1) is 0 Å². The number of rotatable bonds is 7. The first-order valence-corrected chi connectivity index (χ1v) is 11.9. The fourth-order valence-electron chi connectivity index (χ4n) is 5.33. The van der Waals surface area contributed by atoms with Crippen LogP contribution < -0.4 is 15.5 Å². The van der Waals surface area contributed by atoms with E-state index in [1.165, 1.54) is 0 Å². The molecule has 2 aliphatic rings. The third-order valence-electron chi connectivity index (χ3n) is 7.17. The number of carbonyl (C=O) groups excluding carboxylic acids is 2. The smallest absolute Gasteiger partial charge is 0.266 e. The van der Waals surface area contributed by atoms with Crippen molar-refractivity contribution in [2.75, 3.05) is 19.6 Å². The van der Waals surface area contributed by atoms with E-state index in [2.05, 4.69) is 10.3 Å². The second-order valence-corrected chi connectivity index (χ2v) is 9.66. The van der Waals surface area contributed by atoms with Crippen molar-refractivity contribution < 1.29 is 19.5 Å². The van der Waals surface area contributed by atoms with Gasteiger partial charge in [0, 0.05) is 17.9 Å². The SMILES string of the molecule is Cc1cc(COc2ccc(C3(C)CCN(C(C(=O)NO)C4CCNCC4)C3=O)cc2)cc(C)n1. The lowest BCUT2D eigenvalue weighted by Crippen LogP contribution is -2.54. The van der Waals surface area contributed by atoms with E-state index in [-0.39, 0.29) is 11.8 Å². The molecule has 4 rings (SSSR count). The molecule has 8 heteroatoms. The molecule has 0 bridgehead atoms. The van der Waals surface area contributed by atoms with Gasteiger partial charge >= 0.3 is 0 Å². The van der Waals surface area contributed by atoms with Gasteiger partial charge in [0.15, 0.2) is 0 Å². The topological polar surface area (TPSA) is 104 Å². The van der Waals surface area contributed by atoms with Crippen molar-refractivity contribution in [2.24, 2.45) is 5.92 Å². The Hall–Kier alpha value is -2.97. The molecule has 0 radical (unpaired) electrons. The number of benzene rings is 1. The fourth-order valence-corrected chi connectivity index (χ4v) is 5.33. The van der Waals surface area contributed by atoms with Crippen LogP contribution in [0.5, 0.6) is 5.75 Å². The Bertz CT molecular complexity index is 1020. The molecule has 34 heavy (non-hydrogen) atoms. The highest BCUT2D eigenvalue weighted by molar-refractivity contribution is 5.94. The third kappa shape index (κ3) is 4.93. The van der Waals surface area contributed by atoms with Crippen LogP contribution in [0.3, 0.4) is 0 Å². The van der Waals surface area contributed by atoms with Gasteiger partial charge in [-0.1, -0.05) is 12.1 Å². The Morgan fingerprint density at radius 1 is 1.24 bits per heavy atom. The summed E-state index contributed by atoms with van der Waals surface area (Å²) < 4.78 is 5.95. The van der Waals surface area contributed by atoms with E-state index in [0.29, 0.717) is 19.6 Å². The van der Waals surface area contributed by atoms with Gasteiger partial charge in [0.1, 0.15) is 18.4 Å². The maximum atomic E-state index is 13.6. The van der Waals surface area contributed by atoms with Crippen molar-refractivity contribution in [1.82, 2.24) is 20.7 Å². The van der Waals surface area contributed by atoms with Crippen LogP contribution in [-0.2, 0) is 21.6 Å². The summed E-state index contributed by atoms with van der Waals surface area (Å²) in [6, 6.07) is 11.0. The Morgan fingerprint density at radius 3 is 2.50 bits per heavy atom. The van der Waals surface area contributed by atoms with E-state index in [4.69, 9.17) is 4.74 Å². The number of hydrogen-bond acceptors (Lipinski definition) is 6. The first kappa shape index (κ1) is 24.2. The molecule has 3 N–H and O–H groups in total. The molecule has 8 nitrogen and oxygen atoms in total. The highest BCUT2D eigenvalue weighted by Gasteiger charge is 2.49. The molecular formula is C26H34N4O4. The van der Waals surface area contributed by atoms with Crippen LogP contribution in [0.4, 0.5) is 0 Å². The molecule has 2 fully saturated rings. The zero-order chi connectivity index (χ0) is 24.3. The van der Waals surface area contributed by atoms with E-state index < -0.39 is 17.4 Å². The molecule has 2 aliphatic heterocycles. The molecule has 1 aromatic carbocycles. The van der Waals surface area contributed by atoms with Crippen LogP contribution in [-0.4, -0.2) is 52.6 Å². The Labute approximate surface area is 200 Å². The number of nitrogens with one attached hydrogen (secondary N) is 2. The summed E-state index contributed by atoms with van der Waals surface area (Å²) in [6.45, 7) is 8.40. The monoisotopic (exact) mass is 466 g/mol.